The second kappa shape index (κ2) is 7.76. The van der Waals surface area contributed by atoms with E-state index in [1.54, 1.807) is 6.21 Å². The van der Waals surface area contributed by atoms with Crippen molar-refractivity contribution in [2.45, 2.75) is 34.1 Å². The lowest BCUT2D eigenvalue weighted by molar-refractivity contribution is -0.140. The van der Waals surface area contributed by atoms with Gasteiger partial charge in [0, 0.05) is 41.4 Å². The molecule has 1 saturated heterocycles. The van der Waals surface area contributed by atoms with E-state index in [9.17, 15) is 9.59 Å². The van der Waals surface area contributed by atoms with E-state index in [-0.39, 0.29) is 35.5 Å². The summed E-state index contributed by atoms with van der Waals surface area (Å²) in [5.74, 6) is -0.322. The summed E-state index contributed by atoms with van der Waals surface area (Å²) in [7, 11) is 0. The lowest BCUT2D eigenvalue weighted by Crippen LogP contribution is -2.28. The highest BCUT2D eigenvalue weighted by molar-refractivity contribution is 6.06. The van der Waals surface area contributed by atoms with E-state index in [0.717, 1.165) is 47.2 Å². The van der Waals surface area contributed by atoms with Gasteiger partial charge in [-0.05, 0) is 76.3 Å². The van der Waals surface area contributed by atoms with Crippen molar-refractivity contribution in [3.8, 4) is 5.69 Å². The highest BCUT2D eigenvalue weighted by Crippen LogP contribution is 2.52. The van der Waals surface area contributed by atoms with Gasteiger partial charge in [0.15, 0.2) is 0 Å². The summed E-state index contributed by atoms with van der Waals surface area (Å²) >= 11 is 0. The van der Waals surface area contributed by atoms with E-state index in [1.807, 2.05) is 13.0 Å². The van der Waals surface area contributed by atoms with E-state index in [0.29, 0.717) is 0 Å². The predicted octanol–water partition coefficient (Wildman–Crippen LogP) is 4.08. The Morgan fingerprint density at radius 2 is 1.59 bits per heavy atom. The van der Waals surface area contributed by atoms with Gasteiger partial charge in [0.05, 0.1) is 18.1 Å². The quantitative estimate of drug-likeness (QED) is 0.394. The molecule has 1 aliphatic heterocycles. The van der Waals surface area contributed by atoms with Gasteiger partial charge >= 0.3 is 0 Å². The fourth-order valence-electron chi connectivity index (χ4n) is 5.84. The maximum atomic E-state index is 12.9. The minimum atomic E-state index is -0.216. The molecule has 0 unspecified atom stereocenters. The lowest BCUT2D eigenvalue weighted by Gasteiger charge is -2.21. The first-order valence-electron chi connectivity index (χ1n) is 11.6. The molecule has 4 atom stereocenters. The molecule has 1 aromatic carbocycles. The summed E-state index contributed by atoms with van der Waals surface area (Å²) in [5, 5.41) is 5.48. The summed E-state index contributed by atoms with van der Waals surface area (Å²) < 4.78 is 2.18. The number of carbonyl (C=O) groups is 2. The third-order valence-electron chi connectivity index (χ3n) is 7.47. The molecule has 0 spiro atoms. The summed E-state index contributed by atoms with van der Waals surface area (Å²) in [6.07, 6.45) is 6.79. The van der Waals surface area contributed by atoms with Crippen LogP contribution in [0.3, 0.4) is 0 Å². The third-order valence-corrected chi connectivity index (χ3v) is 7.47. The minimum Gasteiger partial charge on any atom is -0.372 e. The van der Waals surface area contributed by atoms with Crippen molar-refractivity contribution < 1.29 is 9.59 Å². The summed E-state index contributed by atoms with van der Waals surface area (Å²) in [4.78, 5) is 28.1. The number of hydrogen-bond acceptors (Lipinski definition) is 4. The first kappa shape index (κ1) is 20.7. The molecule has 2 fully saturated rings. The maximum Gasteiger partial charge on any atom is 0.254 e. The average Bonchev–Trinajstić information content (AvgIpc) is 3.53. The SMILES string of the molecule is CCN(CC)c1ccc(-n2c(C)cc(C=NN3C(=O)[C@@H]4[C@H](C3=O)[C@H]3C=C[C@H]4C3)c2C)cc1. The fraction of sp³-hybridized carbons (Fsp3) is 0.423. The van der Waals surface area contributed by atoms with Gasteiger partial charge < -0.3 is 9.47 Å². The Labute approximate surface area is 189 Å². The predicted molar refractivity (Wildman–Crippen MR) is 126 cm³/mol. The van der Waals surface area contributed by atoms with Crippen LogP contribution in [0.25, 0.3) is 5.69 Å². The van der Waals surface area contributed by atoms with Crippen LogP contribution in [-0.2, 0) is 9.59 Å². The zero-order valence-electron chi connectivity index (χ0n) is 19.2. The molecule has 2 bridgehead atoms. The average molecular weight is 431 g/mol. The van der Waals surface area contributed by atoms with Gasteiger partial charge in [-0.2, -0.15) is 10.1 Å². The molecule has 166 valence electrons. The Hall–Kier alpha value is -3.15. The molecule has 1 aromatic heterocycles. The van der Waals surface area contributed by atoms with E-state index in [4.69, 9.17) is 0 Å². The van der Waals surface area contributed by atoms with E-state index in [2.05, 4.69) is 71.8 Å². The molecule has 3 aliphatic rings. The van der Waals surface area contributed by atoms with E-state index in [1.165, 1.54) is 5.69 Å². The zero-order chi connectivity index (χ0) is 22.6. The first-order chi connectivity index (χ1) is 15.4. The van der Waals surface area contributed by atoms with Crippen LogP contribution >= 0.6 is 0 Å². The number of hydrogen-bond donors (Lipinski definition) is 0. The molecule has 2 aliphatic carbocycles. The standard InChI is InChI=1S/C26H30N4O2/c1-5-28(6-2)21-9-11-22(12-10-21)29-16(3)13-20(17(29)4)15-27-30-25(31)23-18-7-8-19(14-18)24(23)26(30)32/h7-13,15,18-19,23-24H,5-6,14H2,1-4H3/t18-,19-,23-,24+/m0/s1. The summed E-state index contributed by atoms with van der Waals surface area (Å²) in [6.45, 7) is 10.4. The van der Waals surface area contributed by atoms with E-state index >= 15 is 0 Å². The number of nitrogens with zero attached hydrogens (tertiary/aromatic N) is 4. The van der Waals surface area contributed by atoms with Gasteiger partial charge in [-0.25, -0.2) is 0 Å². The van der Waals surface area contributed by atoms with Crippen LogP contribution in [0.4, 0.5) is 5.69 Å². The fourth-order valence-corrected chi connectivity index (χ4v) is 5.84. The minimum absolute atomic E-state index is 0.145. The second-order valence-electron chi connectivity index (χ2n) is 9.08. The van der Waals surface area contributed by atoms with Crippen molar-refractivity contribution >= 4 is 23.7 Å². The Morgan fingerprint density at radius 1 is 1.00 bits per heavy atom. The molecule has 0 radical (unpaired) electrons. The Kier molecular flexibility index (Phi) is 5.03. The molecule has 1 saturated carbocycles. The van der Waals surface area contributed by atoms with Crippen LogP contribution in [-0.4, -0.2) is 40.7 Å². The van der Waals surface area contributed by atoms with Gasteiger partial charge in [-0.3, -0.25) is 9.59 Å². The van der Waals surface area contributed by atoms with Gasteiger partial charge in [-0.15, -0.1) is 0 Å². The summed E-state index contributed by atoms with van der Waals surface area (Å²) in [6, 6.07) is 10.6. The number of allylic oxidation sites excluding steroid dienone is 2. The van der Waals surface area contributed by atoms with Crippen LogP contribution < -0.4 is 4.90 Å². The summed E-state index contributed by atoms with van der Waals surface area (Å²) in [5.41, 5.74) is 5.32. The molecule has 2 aromatic rings. The molecule has 2 heterocycles. The van der Waals surface area contributed by atoms with Crippen molar-refractivity contribution in [3.05, 3.63) is 59.4 Å². The highest BCUT2D eigenvalue weighted by atomic mass is 16.2. The van der Waals surface area contributed by atoms with E-state index < -0.39 is 0 Å². The number of aromatic nitrogens is 1. The van der Waals surface area contributed by atoms with Gasteiger partial charge in [0.2, 0.25) is 0 Å². The van der Waals surface area contributed by atoms with Crippen molar-refractivity contribution in [1.29, 1.82) is 0 Å². The second-order valence-corrected chi connectivity index (χ2v) is 9.08. The Balaban J connectivity index is 1.39. The van der Waals surface area contributed by atoms with Crippen LogP contribution in [0.2, 0.25) is 0 Å². The van der Waals surface area contributed by atoms with Crippen LogP contribution in [0.5, 0.6) is 0 Å². The topological polar surface area (TPSA) is 57.9 Å². The molecule has 32 heavy (non-hydrogen) atoms. The highest BCUT2D eigenvalue weighted by Gasteiger charge is 2.59. The number of benzene rings is 1. The monoisotopic (exact) mass is 430 g/mol. The van der Waals surface area contributed by atoms with Crippen LogP contribution in [0.15, 0.2) is 47.6 Å². The molecular formula is C26H30N4O2. The Morgan fingerprint density at radius 3 is 2.16 bits per heavy atom. The van der Waals surface area contributed by atoms with Gasteiger partial charge in [-0.1, -0.05) is 12.2 Å². The number of hydrazone groups is 1. The maximum absolute atomic E-state index is 12.9. The number of amides is 2. The zero-order valence-corrected chi connectivity index (χ0v) is 19.2. The molecule has 5 rings (SSSR count). The Bertz CT molecular complexity index is 1090. The molecular weight excluding hydrogens is 400 g/mol. The smallest absolute Gasteiger partial charge is 0.254 e. The van der Waals surface area contributed by atoms with Crippen LogP contribution in [0.1, 0.15) is 37.2 Å². The normalized spacial score (nSPS) is 26.1. The van der Waals surface area contributed by atoms with Gasteiger partial charge in [0.1, 0.15) is 0 Å². The van der Waals surface area contributed by atoms with Crippen LogP contribution in [0, 0.1) is 37.5 Å². The number of rotatable bonds is 6. The molecule has 0 N–H and O–H groups in total. The molecule has 2 amide bonds. The van der Waals surface area contributed by atoms with Crippen molar-refractivity contribution in [2.75, 3.05) is 18.0 Å². The number of carbonyl (C=O) groups excluding carboxylic acids is 2. The third kappa shape index (κ3) is 3.04. The first-order valence-corrected chi connectivity index (χ1v) is 11.6. The lowest BCUT2D eigenvalue weighted by atomic mass is 9.85. The van der Waals surface area contributed by atoms with Crippen molar-refractivity contribution in [2.24, 2.45) is 28.8 Å². The largest absolute Gasteiger partial charge is 0.372 e. The molecule has 6 nitrogen and oxygen atoms in total. The number of aryl methyl sites for hydroxylation is 1. The number of fused-ring (bicyclic) bond motifs is 5. The van der Waals surface area contributed by atoms with Crippen molar-refractivity contribution in [1.82, 2.24) is 9.58 Å². The number of imide groups is 1. The number of anilines is 1. The van der Waals surface area contributed by atoms with Gasteiger partial charge in [0.25, 0.3) is 11.8 Å². The van der Waals surface area contributed by atoms with Crippen molar-refractivity contribution in [3.63, 3.8) is 0 Å². The molecule has 6 heteroatoms.